The Bertz CT molecular complexity index is 1290. The van der Waals surface area contributed by atoms with Crippen LogP contribution in [0.4, 0.5) is 0 Å². The maximum atomic E-state index is 11.7. The predicted octanol–water partition coefficient (Wildman–Crippen LogP) is 5.48. The minimum absolute atomic E-state index is 0.663. The molecule has 2 nitrogen and oxygen atoms in total. The minimum atomic E-state index is -1.53. The molecular weight excluding hydrogens is 416 g/mol. The third-order valence-electron chi connectivity index (χ3n) is 6.00. The van der Waals surface area contributed by atoms with E-state index in [0.29, 0.717) is 22.3 Å². The second-order valence-electron chi connectivity index (χ2n) is 8.28. The molecule has 0 heterocycles. The predicted molar refractivity (Wildman–Crippen MR) is 137 cm³/mol. The van der Waals surface area contributed by atoms with Crippen molar-refractivity contribution in [1.82, 2.24) is 0 Å². The van der Waals surface area contributed by atoms with Crippen molar-refractivity contribution in [3.05, 3.63) is 143 Å². The fourth-order valence-electron chi connectivity index (χ4n) is 4.15. The van der Waals surface area contributed by atoms with Crippen LogP contribution in [0.1, 0.15) is 33.4 Å². The Morgan fingerprint density at radius 3 is 1.15 bits per heavy atom. The highest BCUT2D eigenvalue weighted by Crippen LogP contribution is 2.32. The summed E-state index contributed by atoms with van der Waals surface area (Å²) in [6, 6.07) is 34.0. The van der Waals surface area contributed by atoms with Gasteiger partial charge >= 0.3 is 0 Å². The first-order valence-electron chi connectivity index (χ1n) is 11.2. The lowest BCUT2D eigenvalue weighted by Gasteiger charge is -2.25. The lowest BCUT2D eigenvalue weighted by molar-refractivity contribution is 0.143. The Kier molecular flexibility index (Phi) is 6.67. The van der Waals surface area contributed by atoms with E-state index in [4.69, 9.17) is 0 Å². The molecule has 4 aromatic carbocycles. The molecule has 4 aromatic rings. The van der Waals surface area contributed by atoms with E-state index in [2.05, 4.69) is 23.7 Å². The standard InChI is InChI=1S/C32H26O2/c1-25-15-9-11-21-29(25)31(33,27-17-5-3-6-18-27)23-13-14-24-32(34,28-19-7-4-8-20-28)30-22-12-10-16-26(30)2/h3-12,15-22,33-34H,1-2H3. The number of aryl methyl sites for hydroxylation is 2. The fourth-order valence-corrected chi connectivity index (χ4v) is 4.15. The van der Waals surface area contributed by atoms with E-state index in [1.165, 1.54) is 0 Å². The van der Waals surface area contributed by atoms with Crippen LogP contribution in [0.25, 0.3) is 0 Å². The van der Waals surface area contributed by atoms with Crippen molar-refractivity contribution in [1.29, 1.82) is 0 Å². The highest BCUT2D eigenvalue weighted by atomic mass is 16.3. The molecule has 0 aliphatic carbocycles. The quantitative estimate of drug-likeness (QED) is 0.411. The summed E-state index contributed by atoms with van der Waals surface area (Å²) < 4.78 is 0. The molecule has 0 spiro atoms. The maximum absolute atomic E-state index is 11.7. The molecule has 2 heteroatoms. The Labute approximate surface area is 201 Å². The lowest BCUT2D eigenvalue weighted by atomic mass is 9.84. The number of hydrogen-bond donors (Lipinski definition) is 2. The molecule has 0 fully saturated rings. The first kappa shape index (κ1) is 23.1. The second-order valence-corrected chi connectivity index (χ2v) is 8.28. The van der Waals surface area contributed by atoms with Crippen LogP contribution in [0.2, 0.25) is 0 Å². The van der Waals surface area contributed by atoms with Gasteiger partial charge in [0, 0.05) is 22.3 Å². The Balaban J connectivity index is 1.83. The van der Waals surface area contributed by atoms with Crippen molar-refractivity contribution < 1.29 is 10.2 Å². The summed E-state index contributed by atoms with van der Waals surface area (Å²) in [7, 11) is 0. The summed E-state index contributed by atoms with van der Waals surface area (Å²) in [4.78, 5) is 0. The first-order chi connectivity index (χ1) is 16.4. The normalized spacial score (nSPS) is 13.9. The topological polar surface area (TPSA) is 40.5 Å². The third-order valence-corrected chi connectivity index (χ3v) is 6.00. The molecule has 0 aliphatic heterocycles. The molecule has 2 unspecified atom stereocenters. The van der Waals surface area contributed by atoms with Crippen LogP contribution in [0, 0.1) is 37.5 Å². The van der Waals surface area contributed by atoms with E-state index < -0.39 is 11.2 Å². The molecule has 4 rings (SSSR count). The molecular formula is C32H26O2. The number of hydrogen-bond acceptors (Lipinski definition) is 2. The summed E-state index contributed by atoms with van der Waals surface area (Å²) >= 11 is 0. The first-order valence-corrected chi connectivity index (χ1v) is 11.2. The summed E-state index contributed by atoms with van der Waals surface area (Å²) in [5.74, 6) is 11.6. The van der Waals surface area contributed by atoms with Gasteiger partial charge in [0.2, 0.25) is 0 Å². The van der Waals surface area contributed by atoms with E-state index >= 15 is 0 Å². The Morgan fingerprint density at radius 2 is 0.794 bits per heavy atom. The summed E-state index contributed by atoms with van der Waals surface area (Å²) in [5, 5.41) is 23.5. The molecule has 0 saturated heterocycles. The van der Waals surface area contributed by atoms with Gasteiger partial charge in [-0.05, 0) is 48.7 Å². The average molecular weight is 443 g/mol. The van der Waals surface area contributed by atoms with Crippen LogP contribution < -0.4 is 0 Å². The average Bonchev–Trinajstić information content (AvgIpc) is 2.88. The molecule has 0 saturated carbocycles. The maximum Gasteiger partial charge on any atom is 0.178 e. The third kappa shape index (κ3) is 4.52. The zero-order valence-corrected chi connectivity index (χ0v) is 19.3. The number of benzene rings is 4. The van der Waals surface area contributed by atoms with Gasteiger partial charge in [0.25, 0.3) is 0 Å². The minimum Gasteiger partial charge on any atom is -0.369 e. The SMILES string of the molecule is Cc1ccccc1C(O)(C#CC#CC(O)(c1ccccc1)c1ccccc1C)c1ccccc1. The van der Waals surface area contributed by atoms with Crippen LogP contribution in [0.15, 0.2) is 109 Å². The molecule has 34 heavy (non-hydrogen) atoms. The largest absolute Gasteiger partial charge is 0.369 e. The van der Waals surface area contributed by atoms with Crippen LogP contribution in [0.5, 0.6) is 0 Å². The molecule has 0 bridgehead atoms. The van der Waals surface area contributed by atoms with Crippen molar-refractivity contribution in [2.24, 2.45) is 0 Å². The van der Waals surface area contributed by atoms with Gasteiger partial charge < -0.3 is 10.2 Å². The highest BCUT2D eigenvalue weighted by Gasteiger charge is 2.32. The number of rotatable bonds is 4. The van der Waals surface area contributed by atoms with Crippen LogP contribution in [-0.4, -0.2) is 10.2 Å². The van der Waals surface area contributed by atoms with Gasteiger partial charge in [-0.25, -0.2) is 0 Å². The Morgan fingerprint density at radius 1 is 0.471 bits per heavy atom. The van der Waals surface area contributed by atoms with Gasteiger partial charge in [-0.2, -0.15) is 0 Å². The monoisotopic (exact) mass is 442 g/mol. The molecule has 166 valence electrons. The second kappa shape index (κ2) is 9.82. The van der Waals surface area contributed by atoms with Gasteiger partial charge in [0.05, 0.1) is 0 Å². The van der Waals surface area contributed by atoms with E-state index in [9.17, 15) is 10.2 Å². The smallest absolute Gasteiger partial charge is 0.178 e. The summed E-state index contributed by atoms with van der Waals surface area (Å²) in [5.41, 5.74) is 1.52. The van der Waals surface area contributed by atoms with Crippen LogP contribution in [0.3, 0.4) is 0 Å². The summed E-state index contributed by atoms with van der Waals surface area (Å²) in [6.07, 6.45) is 0. The van der Waals surface area contributed by atoms with Gasteiger partial charge in [-0.1, -0.05) is 109 Å². The molecule has 0 radical (unpaired) electrons. The van der Waals surface area contributed by atoms with Crippen LogP contribution >= 0.6 is 0 Å². The molecule has 0 amide bonds. The van der Waals surface area contributed by atoms with E-state index in [0.717, 1.165) is 11.1 Å². The van der Waals surface area contributed by atoms with Gasteiger partial charge in [0.1, 0.15) is 0 Å². The van der Waals surface area contributed by atoms with Crippen molar-refractivity contribution in [3.63, 3.8) is 0 Å². The number of aliphatic hydroxyl groups is 2. The van der Waals surface area contributed by atoms with Crippen molar-refractivity contribution in [2.75, 3.05) is 0 Å². The van der Waals surface area contributed by atoms with Gasteiger partial charge in [-0.15, -0.1) is 0 Å². The van der Waals surface area contributed by atoms with E-state index in [1.54, 1.807) is 0 Å². The lowest BCUT2D eigenvalue weighted by Crippen LogP contribution is -2.27. The zero-order chi connectivity index (χ0) is 24.0. The molecule has 2 atom stereocenters. The zero-order valence-electron chi connectivity index (χ0n) is 19.3. The van der Waals surface area contributed by atoms with Gasteiger partial charge in [-0.3, -0.25) is 0 Å². The van der Waals surface area contributed by atoms with Crippen molar-refractivity contribution in [3.8, 4) is 23.7 Å². The Hall–Kier alpha value is -4.08. The molecule has 2 N–H and O–H groups in total. The molecule has 0 aliphatic rings. The van der Waals surface area contributed by atoms with E-state index in [-0.39, 0.29) is 0 Å². The van der Waals surface area contributed by atoms with Gasteiger partial charge in [0.15, 0.2) is 11.2 Å². The summed E-state index contributed by atoms with van der Waals surface area (Å²) in [6.45, 7) is 3.89. The van der Waals surface area contributed by atoms with Crippen LogP contribution in [-0.2, 0) is 11.2 Å². The van der Waals surface area contributed by atoms with Crippen molar-refractivity contribution in [2.45, 2.75) is 25.0 Å². The highest BCUT2D eigenvalue weighted by molar-refractivity contribution is 5.52. The fraction of sp³-hybridized carbons (Fsp3) is 0.125. The molecule has 0 aromatic heterocycles. The van der Waals surface area contributed by atoms with E-state index in [1.807, 2.05) is 123 Å². The van der Waals surface area contributed by atoms with Crippen molar-refractivity contribution >= 4 is 0 Å².